The Hall–Kier alpha value is -0.570. The summed E-state index contributed by atoms with van der Waals surface area (Å²) in [5, 5.41) is 4.62. The van der Waals surface area contributed by atoms with Crippen LogP contribution in [-0.4, -0.2) is 20.1 Å². The zero-order chi connectivity index (χ0) is 13.8. The maximum Gasteiger partial charge on any atom is 0.138 e. The molecule has 2 rings (SSSR count). The second-order valence-corrected chi connectivity index (χ2v) is 6.76. The summed E-state index contributed by atoms with van der Waals surface area (Å²) in [5.41, 5.74) is 0. The Morgan fingerprint density at radius 3 is 2.89 bits per heavy atom. The van der Waals surface area contributed by atoms with Crippen LogP contribution in [0.1, 0.15) is 52.3 Å². The van der Waals surface area contributed by atoms with Gasteiger partial charge in [0.2, 0.25) is 0 Å². The Kier molecular flexibility index (Phi) is 5.26. The van der Waals surface area contributed by atoms with Crippen molar-refractivity contribution in [1.82, 2.24) is 14.8 Å². The van der Waals surface area contributed by atoms with Crippen LogP contribution in [-0.2, 0) is 13.0 Å². The Morgan fingerprint density at radius 2 is 2.21 bits per heavy atom. The van der Waals surface area contributed by atoms with Crippen LogP contribution in [0.4, 0.5) is 0 Å². The summed E-state index contributed by atoms with van der Waals surface area (Å²) >= 11 is 6.54. The van der Waals surface area contributed by atoms with E-state index in [1.807, 2.05) is 4.68 Å². The summed E-state index contributed by atoms with van der Waals surface area (Å²) in [6.07, 6.45) is 7.43. The van der Waals surface area contributed by atoms with Gasteiger partial charge in [-0.05, 0) is 43.4 Å². The van der Waals surface area contributed by atoms with Crippen LogP contribution in [0.2, 0.25) is 0 Å². The topological polar surface area (TPSA) is 30.7 Å². The lowest BCUT2D eigenvalue weighted by Gasteiger charge is -2.34. The van der Waals surface area contributed by atoms with E-state index in [4.69, 9.17) is 11.6 Å². The number of alkyl halides is 1. The predicted octanol–water partition coefficient (Wildman–Crippen LogP) is 3.91. The third-order valence-electron chi connectivity index (χ3n) is 4.45. The van der Waals surface area contributed by atoms with Gasteiger partial charge in [-0.3, -0.25) is 4.68 Å². The molecule has 1 fully saturated rings. The standard InChI is InChI=1S/C15H26ClN3/c1-4-7-19-15(17-10-18-19)9-13-8-12(11(2)3)5-6-14(13)16/h10-14H,4-9H2,1-3H3. The van der Waals surface area contributed by atoms with Crippen LogP contribution in [0.5, 0.6) is 0 Å². The molecule has 3 nitrogen and oxygen atoms in total. The summed E-state index contributed by atoms with van der Waals surface area (Å²) in [6, 6.07) is 0. The molecule has 0 aromatic carbocycles. The molecule has 1 aliphatic carbocycles. The monoisotopic (exact) mass is 283 g/mol. The normalized spacial score (nSPS) is 27.9. The van der Waals surface area contributed by atoms with Crippen LogP contribution >= 0.6 is 11.6 Å². The Bertz CT molecular complexity index is 388. The van der Waals surface area contributed by atoms with Gasteiger partial charge in [0, 0.05) is 18.3 Å². The fourth-order valence-electron chi connectivity index (χ4n) is 3.16. The zero-order valence-corrected chi connectivity index (χ0v) is 13.1. The van der Waals surface area contributed by atoms with Gasteiger partial charge in [0.1, 0.15) is 12.2 Å². The van der Waals surface area contributed by atoms with Crippen molar-refractivity contribution in [2.45, 2.75) is 64.8 Å². The minimum absolute atomic E-state index is 0.307. The molecule has 0 amide bonds. The molecule has 19 heavy (non-hydrogen) atoms. The smallest absolute Gasteiger partial charge is 0.138 e. The molecule has 3 atom stereocenters. The highest BCUT2D eigenvalue weighted by Crippen LogP contribution is 2.37. The molecule has 108 valence electrons. The fourth-order valence-corrected chi connectivity index (χ4v) is 3.48. The molecule has 1 heterocycles. The van der Waals surface area contributed by atoms with Gasteiger partial charge in [-0.15, -0.1) is 11.6 Å². The molecular weight excluding hydrogens is 258 g/mol. The van der Waals surface area contributed by atoms with Crippen molar-refractivity contribution in [3.05, 3.63) is 12.2 Å². The number of aryl methyl sites for hydroxylation is 1. The van der Waals surface area contributed by atoms with Crippen LogP contribution < -0.4 is 0 Å². The third kappa shape index (κ3) is 3.71. The van der Waals surface area contributed by atoms with Crippen molar-refractivity contribution in [2.24, 2.45) is 17.8 Å². The summed E-state index contributed by atoms with van der Waals surface area (Å²) in [6.45, 7) is 7.79. The molecule has 1 aromatic rings. The van der Waals surface area contributed by atoms with Gasteiger partial charge in [-0.25, -0.2) is 4.98 Å². The number of hydrogen-bond acceptors (Lipinski definition) is 2. The van der Waals surface area contributed by atoms with E-state index in [0.29, 0.717) is 11.3 Å². The highest BCUT2D eigenvalue weighted by Gasteiger charge is 2.31. The lowest BCUT2D eigenvalue weighted by atomic mass is 9.75. The summed E-state index contributed by atoms with van der Waals surface area (Å²) in [7, 11) is 0. The van der Waals surface area contributed by atoms with Crippen molar-refractivity contribution < 1.29 is 0 Å². The van der Waals surface area contributed by atoms with Crippen molar-refractivity contribution in [3.63, 3.8) is 0 Å². The largest absolute Gasteiger partial charge is 0.250 e. The second-order valence-electron chi connectivity index (χ2n) is 6.20. The van der Waals surface area contributed by atoms with Crippen LogP contribution in [0.15, 0.2) is 6.33 Å². The number of nitrogens with zero attached hydrogens (tertiary/aromatic N) is 3. The van der Waals surface area contributed by atoms with Gasteiger partial charge in [0.25, 0.3) is 0 Å². The Morgan fingerprint density at radius 1 is 1.42 bits per heavy atom. The average Bonchev–Trinajstić information content (AvgIpc) is 2.80. The van der Waals surface area contributed by atoms with Crippen LogP contribution in [0.25, 0.3) is 0 Å². The van der Waals surface area contributed by atoms with Crippen LogP contribution in [0, 0.1) is 17.8 Å². The molecule has 0 saturated heterocycles. The molecule has 3 unspecified atom stereocenters. The first-order valence-electron chi connectivity index (χ1n) is 7.62. The maximum atomic E-state index is 6.54. The SMILES string of the molecule is CCCn1ncnc1CC1CC(C(C)C)CCC1Cl. The minimum atomic E-state index is 0.307. The molecule has 1 saturated carbocycles. The van der Waals surface area contributed by atoms with E-state index < -0.39 is 0 Å². The van der Waals surface area contributed by atoms with E-state index in [9.17, 15) is 0 Å². The molecule has 0 bridgehead atoms. The molecule has 0 aliphatic heterocycles. The molecule has 0 spiro atoms. The fraction of sp³-hybridized carbons (Fsp3) is 0.867. The first kappa shape index (κ1) is 14.8. The summed E-state index contributed by atoms with van der Waals surface area (Å²) in [5.74, 6) is 3.26. The molecule has 4 heteroatoms. The summed E-state index contributed by atoms with van der Waals surface area (Å²) < 4.78 is 2.04. The van der Waals surface area contributed by atoms with Gasteiger partial charge in [0.15, 0.2) is 0 Å². The van der Waals surface area contributed by atoms with E-state index in [-0.39, 0.29) is 0 Å². The molecular formula is C15H26ClN3. The minimum Gasteiger partial charge on any atom is -0.250 e. The van der Waals surface area contributed by atoms with Gasteiger partial charge < -0.3 is 0 Å². The maximum absolute atomic E-state index is 6.54. The van der Waals surface area contributed by atoms with Gasteiger partial charge >= 0.3 is 0 Å². The van der Waals surface area contributed by atoms with Crippen molar-refractivity contribution in [1.29, 1.82) is 0 Å². The quantitative estimate of drug-likeness (QED) is 0.767. The predicted molar refractivity (Wildman–Crippen MR) is 79.3 cm³/mol. The van der Waals surface area contributed by atoms with E-state index in [2.05, 4.69) is 30.9 Å². The van der Waals surface area contributed by atoms with E-state index in [1.165, 1.54) is 12.8 Å². The van der Waals surface area contributed by atoms with Gasteiger partial charge in [0.05, 0.1) is 0 Å². The Labute approximate surface area is 121 Å². The number of halogens is 1. The third-order valence-corrected chi connectivity index (χ3v) is 5.02. The first-order valence-corrected chi connectivity index (χ1v) is 8.06. The lowest BCUT2D eigenvalue weighted by molar-refractivity contribution is 0.215. The molecule has 1 aromatic heterocycles. The van der Waals surface area contributed by atoms with Crippen molar-refractivity contribution in [3.8, 4) is 0 Å². The number of hydrogen-bond donors (Lipinski definition) is 0. The van der Waals surface area contributed by atoms with E-state index in [0.717, 1.165) is 43.5 Å². The molecule has 0 radical (unpaired) electrons. The first-order chi connectivity index (χ1) is 9.11. The zero-order valence-electron chi connectivity index (χ0n) is 12.3. The lowest BCUT2D eigenvalue weighted by Crippen LogP contribution is -2.30. The highest BCUT2D eigenvalue weighted by atomic mass is 35.5. The van der Waals surface area contributed by atoms with Crippen molar-refractivity contribution >= 4 is 11.6 Å². The highest BCUT2D eigenvalue weighted by molar-refractivity contribution is 6.20. The van der Waals surface area contributed by atoms with Crippen molar-refractivity contribution in [2.75, 3.05) is 0 Å². The second kappa shape index (κ2) is 6.74. The van der Waals surface area contributed by atoms with Gasteiger partial charge in [-0.1, -0.05) is 20.8 Å². The Balaban J connectivity index is 2.01. The van der Waals surface area contributed by atoms with Gasteiger partial charge in [-0.2, -0.15) is 5.10 Å². The van der Waals surface area contributed by atoms with Crippen LogP contribution in [0.3, 0.4) is 0 Å². The van der Waals surface area contributed by atoms with E-state index >= 15 is 0 Å². The number of rotatable bonds is 5. The molecule has 0 N–H and O–H groups in total. The number of aromatic nitrogens is 3. The summed E-state index contributed by atoms with van der Waals surface area (Å²) in [4.78, 5) is 4.43. The average molecular weight is 284 g/mol. The van der Waals surface area contributed by atoms with E-state index in [1.54, 1.807) is 6.33 Å². The molecule has 1 aliphatic rings.